The van der Waals surface area contributed by atoms with Gasteiger partial charge in [0.2, 0.25) is 0 Å². The van der Waals surface area contributed by atoms with Crippen LogP contribution in [0.4, 0.5) is 0 Å². The molecule has 1 atom stereocenters. The second-order valence-electron chi connectivity index (χ2n) is 4.06. The molecule has 0 amide bonds. The lowest BCUT2D eigenvalue weighted by molar-refractivity contribution is 0.0893. The van der Waals surface area contributed by atoms with Gasteiger partial charge < -0.3 is 9.67 Å². The molecule has 17 heavy (non-hydrogen) atoms. The highest BCUT2D eigenvalue weighted by atomic mass is 79.9. The molecule has 3 nitrogen and oxygen atoms in total. The zero-order chi connectivity index (χ0) is 12.6. The molecule has 2 rings (SSSR count). The average molecular weight is 316 g/mol. The first-order valence-corrected chi connectivity index (χ1v) is 6.25. The summed E-state index contributed by atoms with van der Waals surface area (Å²) in [5.74, 6) is 0.557. The Morgan fingerprint density at radius 3 is 2.71 bits per heavy atom. The third-order valence-corrected chi connectivity index (χ3v) is 3.52. The minimum Gasteiger partial charge on any atom is -0.377 e. The number of imidazole rings is 1. The van der Waals surface area contributed by atoms with Crippen LogP contribution in [0.2, 0.25) is 5.02 Å². The van der Waals surface area contributed by atoms with Crippen LogP contribution in [0.15, 0.2) is 35.1 Å². The third-order valence-electron chi connectivity index (χ3n) is 2.71. The number of aromatic nitrogens is 2. The molecule has 0 radical (unpaired) electrons. The van der Waals surface area contributed by atoms with Crippen molar-refractivity contribution in [1.82, 2.24) is 9.55 Å². The summed E-state index contributed by atoms with van der Waals surface area (Å²) < 4.78 is 2.65. The van der Waals surface area contributed by atoms with Crippen LogP contribution in [-0.2, 0) is 12.6 Å². The molecule has 0 spiro atoms. The van der Waals surface area contributed by atoms with Crippen molar-refractivity contribution in [3.8, 4) is 0 Å². The van der Waals surface area contributed by atoms with E-state index in [0.29, 0.717) is 16.4 Å². The maximum Gasteiger partial charge on any atom is 0.146 e. The molecule has 90 valence electrons. The summed E-state index contributed by atoms with van der Waals surface area (Å²) in [5.41, 5.74) is -0.576. The normalized spacial score (nSPS) is 14.6. The molecule has 0 aliphatic rings. The van der Waals surface area contributed by atoms with Gasteiger partial charge in [0.05, 0.1) is 0 Å². The van der Waals surface area contributed by atoms with Gasteiger partial charge in [-0.2, -0.15) is 0 Å². The van der Waals surface area contributed by atoms with Crippen LogP contribution < -0.4 is 0 Å². The number of hydrogen-bond acceptors (Lipinski definition) is 2. The molecule has 0 bridgehead atoms. The summed E-state index contributed by atoms with van der Waals surface area (Å²) in [7, 11) is 1.84. The predicted octanol–water partition coefficient (Wildman–Crippen LogP) is 3.09. The second kappa shape index (κ2) is 4.44. The maximum atomic E-state index is 10.6. The molecule has 1 N–H and O–H groups in total. The lowest BCUT2D eigenvalue weighted by atomic mass is 9.95. The monoisotopic (exact) mass is 314 g/mol. The van der Waals surface area contributed by atoms with Crippen molar-refractivity contribution in [2.45, 2.75) is 12.5 Å². The molecule has 1 unspecified atom stereocenters. The molecule has 1 heterocycles. The smallest absolute Gasteiger partial charge is 0.146 e. The fourth-order valence-corrected chi connectivity index (χ4v) is 2.70. The molecule has 0 aliphatic carbocycles. The minimum absolute atomic E-state index is 0.507. The lowest BCUT2D eigenvalue weighted by Crippen LogP contribution is -2.27. The van der Waals surface area contributed by atoms with Crippen LogP contribution in [0.3, 0.4) is 0 Å². The summed E-state index contributed by atoms with van der Waals surface area (Å²) in [4.78, 5) is 4.17. The van der Waals surface area contributed by atoms with E-state index >= 15 is 0 Å². The van der Waals surface area contributed by atoms with E-state index in [0.717, 1.165) is 4.47 Å². The number of halogens is 2. The van der Waals surface area contributed by atoms with E-state index in [-0.39, 0.29) is 0 Å². The third kappa shape index (κ3) is 2.25. The lowest BCUT2D eigenvalue weighted by Gasteiger charge is -2.24. The van der Waals surface area contributed by atoms with Gasteiger partial charge in [-0.3, -0.25) is 0 Å². The Labute approximate surface area is 113 Å². The molecule has 2 aromatic rings. The van der Waals surface area contributed by atoms with E-state index < -0.39 is 5.60 Å². The van der Waals surface area contributed by atoms with Crippen molar-refractivity contribution < 1.29 is 5.11 Å². The fourth-order valence-electron chi connectivity index (χ4n) is 1.84. The van der Waals surface area contributed by atoms with E-state index in [9.17, 15) is 5.11 Å². The number of aryl methyl sites for hydroxylation is 1. The Hall–Kier alpha value is -0.840. The van der Waals surface area contributed by atoms with Gasteiger partial charge in [0.1, 0.15) is 11.4 Å². The van der Waals surface area contributed by atoms with Gasteiger partial charge >= 0.3 is 0 Å². The molecular formula is C12H12BrClN2O. The van der Waals surface area contributed by atoms with Gasteiger partial charge in [-0.25, -0.2) is 4.98 Å². The Morgan fingerprint density at radius 1 is 1.47 bits per heavy atom. The van der Waals surface area contributed by atoms with Crippen molar-refractivity contribution in [1.29, 1.82) is 0 Å². The highest BCUT2D eigenvalue weighted by Gasteiger charge is 2.31. The number of benzene rings is 1. The average Bonchev–Trinajstić information content (AvgIpc) is 2.64. The first-order valence-electron chi connectivity index (χ1n) is 5.08. The van der Waals surface area contributed by atoms with E-state index in [4.69, 9.17) is 11.6 Å². The molecule has 0 saturated heterocycles. The van der Waals surface area contributed by atoms with Crippen LogP contribution in [0, 0.1) is 0 Å². The largest absolute Gasteiger partial charge is 0.377 e. The standard InChI is InChI=1S/C12H12BrClN2O/c1-12(17,11-15-5-6-16(11)2)9-4-3-8(13)7-10(9)14/h3-7,17H,1-2H3. The highest BCUT2D eigenvalue weighted by molar-refractivity contribution is 9.10. The van der Waals surface area contributed by atoms with Gasteiger partial charge in [0.25, 0.3) is 0 Å². The van der Waals surface area contributed by atoms with Crippen molar-refractivity contribution >= 4 is 27.5 Å². The van der Waals surface area contributed by atoms with Gasteiger partial charge in [-0.1, -0.05) is 33.6 Å². The molecule has 0 aliphatic heterocycles. The van der Waals surface area contributed by atoms with Crippen molar-refractivity contribution in [2.75, 3.05) is 0 Å². The fraction of sp³-hybridized carbons (Fsp3) is 0.250. The quantitative estimate of drug-likeness (QED) is 0.925. The topological polar surface area (TPSA) is 38.0 Å². The number of nitrogens with zero attached hydrogens (tertiary/aromatic N) is 2. The van der Waals surface area contributed by atoms with Crippen LogP contribution in [-0.4, -0.2) is 14.7 Å². The van der Waals surface area contributed by atoms with Crippen molar-refractivity contribution in [3.05, 3.63) is 51.5 Å². The minimum atomic E-state index is -1.21. The summed E-state index contributed by atoms with van der Waals surface area (Å²) in [6, 6.07) is 5.40. The summed E-state index contributed by atoms with van der Waals surface area (Å²) in [6.07, 6.45) is 3.44. The summed E-state index contributed by atoms with van der Waals surface area (Å²) in [6.45, 7) is 1.68. The second-order valence-corrected chi connectivity index (χ2v) is 5.38. The predicted molar refractivity (Wildman–Crippen MR) is 71.0 cm³/mol. The van der Waals surface area contributed by atoms with Gasteiger partial charge in [0.15, 0.2) is 0 Å². The van der Waals surface area contributed by atoms with Crippen molar-refractivity contribution in [2.24, 2.45) is 7.05 Å². The molecular weight excluding hydrogens is 304 g/mol. The molecule has 0 saturated carbocycles. The Balaban J connectivity index is 2.55. The zero-order valence-electron chi connectivity index (χ0n) is 9.48. The van der Waals surface area contributed by atoms with E-state index in [1.807, 2.05) is 13.1 Å². The van der Waals surface area contributed by atoms with E-state index in [1.54, 1.807) is 36.0 Å². The Morgan fingerprint density at radius 2 is 2.18 bits per heavy atom. The maximum absolute atomic E-state index is 10.6. The SMILES string of the molecule is Cn1ccnc1C(C)(O)c1ccc(Br)cc1Cl. The first kappa shape index (κ1) is 12.6. The zero-order valence-corrected chi connectivity index (χ0v) is 11.8. The molecule has 1 aromatic heterocycles. The van der Waals surface area contributed by atoms with Gasteiger partial charge in [0, 0.05) is 34.5 Å². The Kier molecular flexibility index (Phi) is 3.30. The van der Waals surface area contributed by atoms with E-state index in [2.05, 4.69) is 20.9 Å². The highest BCUT2D eigenvalue weighted by Crippen LogP contribution is 2.34. The number of aliphatic hydroxyl groups is 1. The van der Waals surface area contributed by atoms with E-state index in [1.165, 1.54) is 0 Å². The van der Waals surface area contributed by atoms with Crippen molar-refractivity contribution in [3.63, 3.8) is 0 Å². The first-order chi connectivity index (χ1) is 7.93. The van der Waals surface area contributed by atoms with Crippen LogP contribution in [0.25, 0.3) is 0 Å². The van der Waals surface area contributed by atoms with Gasteiger partial charge in [-0.15, -0.1) is 0 Å². The van der Waals surface area contributed by atoms with Crippen LogP contribution in [0.5, 0.6) is 0 Å². The van der Waals surface area contributed by atoms with Crippen LogP contribution >= 0.6 is 27.5 Å². The number of hydrogen-bond donors (Lipinski definition) is 1. The summed E-state index contributed by atoms with van der Waals surface area (Å²) in [5, 5.41) is 11.1. The molecule has 0 fully saturated rings. The number of rotatable bonds is 2. The molecule has 1 aromatic carbocycles. The summed E-state index contributed by atoms with van der Waals surface area (Å²) >= 11 is 9.50. The Bertz CT molecular complexity index is 551. The van der Waals surface area contributed by atoms with Gasteiger partial charge in [-0.05, 0) is 19.1 Å². The molecule has 5 heteroatoms. The van der Waals surface area contributed by atoms with Crippen LogP contribution in [0.1, 0.15) is 18.3 Å².